The van der Waals surface area contributed by atoms with Gasteiger partial charge in [-0.25, -0.2) is 9.97 Å². The third-order valence-corrected chi connectivity index (χ3v) is 13.0. The monoisotopic (exact) mass is 800 g/mol. The van der Waals surface area contributed by atoms with Gasteiger partial charge in [-0.2, -0.15) is 0 Å². The highest BCUT2D eigenvalue weighted by Gasteiger charge is 2.48. The molecule has 0 atom stereocenters. The SMILES string of the molecule is c1ccc(-c2nc(-c3ccccc3-c3ccccc3)cc(-c3ccc(-c4cccc5c4C(c4ccccc4)(c4ccccc4)c4ccc6ccccc6c4-5)c4ccccc34)n2)cc1. The lowest BCUT2D eigenvalue weighted by molar-refractivity contribution is 0.771. The molecule has 1 aromatic heterocycles. The molecule has 0 spiro atoms. The van der Waals surface area contributed by atoms with E-state index in [-0.39, 0.29) is 0 Å². The van der Waals surface area contributed by atoms with Crippen LogP contribution in [0.4, 0.5) is 0 Å². The molecule has 0 unspecified atom stereocenters. The minimum Gasteiger partial charge on any atom is -0.228 e. The van der Waals surface area contributed by atoms with Gasteiger partial charge in [-0.15, -0.1) is 0 Å². The third kappa shape index (κ3) is 5.87. The predicted octanol–water partition coefficient (Wildman–Crippen LogP) is 15.5. The van der Waals surface area contributed by atoms with E-state index in [9.17, 15) is 0 Å². The average molecular weight is 801 g/mol. The molecule has 0 N–H and O–H groups in total. The Morgan fingerprint density at radius 2 is 0.794 bits per heavy atom. The van der Waals surface area contributed by atoms with Crippen LogP contribution in [0, 0.1) is 0 Å². The molecule has 1 heterocycles. The first kappa shape index (κ1) is 36.6. The molecule has 1 aliphatic carbocycles. The summed E-state index contributed by atoms with van der Waals surface area (Å²) in [6.45, 7) is 0. The van der Waals surface area contributed by atoms with Gasteiger partial charge < -0.3 is 0 Å². The average Bonchev–Trinajstić information content (AvgIpc) is 3.69. The predicted molar refractivity (Wildman–Crippen MR) is 262 cm³/mol. The van der Waals surface area contributed by atoms with Crippen LogP contribution in [0.25, 0.3) is 88.8 Å². The van der Waals surface area contributed by atoms with Gasteiger partial charge in [0.15, 0.2) is 5.82 Å². The van der Waals surface area contributed by atoms with Gasteiger partial charge in [0, 0.05) is 16.7 Å². The summed E-state index contributed by atoms with van der Waals surface area (Å²) in [5.74, 6) is 0.695. The van der Waals surface area contributed by atoms with Crippen LogP contribution in [0.2, 0.25) is 0 Å². The van der Waals surface area contributed by atoms with E-state index < -0.39 is 5.41 Å². The van der Waals surface area contributed by atoms with Gasteiger partial charge >= 0.3 is 0 Å². The zero-order valence-corrected chi connectivity index (χ0v) is 34.5. The van der Waals surface area contributed by atoms with E-state index in [0.29, 0.717) is 5.82 Å². The first-order valence-corrected chi connectivity index (χ1v) is 21.7. The van der Waals surface area contributed by atoms with Crippen molar-refractivity contribution < 1.29 is 0 Å². The third-order valence-electron chi connectivity index (χ3n) is 13.0. The highest BCUT2D eigenvalue weighted by atomic mass is 14.9. The summed E-state index contributed by atoms with van der Waals surface area (Å²) in [7, 11) is 0. The normalized spacial score (nSPS) is 12.6. The Hall–Kier alpha value is -8.20. The lowest BCUT2D eigenvalue weighted by atomic mass is 9.66. The fourth-order valence-corrected chi connectivity index (χ4v) is 10.3. The first-order valence-electron chi connectivity index (χ1n) is 21.7. The Balaban J connectivity index is 1.12. The van der Waals surface area contributed by atoms with Crippen LogP contribution >= 0.6 is 0 Å². The minimum atomic E-state index is -0.578. The fraction of sp³-hybridized carbons (Fsp3) is 0.0164. The Bertz CT molecular complexity index is 3450. The maximum absolute atomic E-state index is 5.36. The molecular weight excluding hydrogens is 761 g/mol. The van der Waals surface area contributed by atoms with Crippen LogP contribution in [0.15, 0.2) is 243 Å². The fourth-order valence-electron chi connectivity index (χ4n) is 10.3. The smallest absolute Gasteiger partial charge is 0.160 e. The van der Waals surface area contributed by atoms with Crippen LogP contribution in [0.1, 0.15) is 22.3 Å². The van der Waals surface area contributed by atoms with Gasteiger partial charge in [0.2, 0.25) is 0 Å². The molecule has 0 saturated carbocycles. The number of rotatable bonds is 7. The lowest BCUT2D eigenvalue weighted by Crippen LogP contribution is -2.29. The quantitative estimate of drug-likeness (QED) is 0.160. The van der Waals surface area contributed by atoms with Crippen molar-refractivity contribution in [3.05, 3.63) is 265 Å². The molecule has 0 saturated heterocycles. The van der Waals surface area contributed by atoms with Crippen molar-refractivity contribution in [1.82, 2.24) is 9.97 Å². The van der Waals surface area contributed by atoms with Crippen LogP contribution < -0.4 is 0 Å². The van der Waals surface area contributed by atoms with Crippen molar-refractivity contribution in [2.45, 2.75) is 5.41 Å². The first-order chi connectivity index (χ1) is 31.3. The Morgan fingerprint density at radius 1 is 0.302 bits per heavy atom. The van der Waals surface area contributed by atoms with E-state index in [1.54, 1.807) is 0 Å². The lowest BCUT2D eigenvalue weighted by Gasteiger charge is -2.35. The Kier molecular flexibility index (Phi) is 8.76. The van der Waals surface area contributed by atoms with Crippen LogP contribution in [0.3, 0.4) is 0 Å². The zero-order valence-electron chi connectivity index (χ0n) is 34.5. The summed E-state index contributed by atoms with van der Waals surface area (Å²) >= 11 is 0. The largest absolute Gasteiger partial charge is 0.228 e. The van der Waals surface area contributed by atoms with Gasteiger partial charge in [0.25, 0.3) is 0 Å². The summed E-state index contributed by atoms with van der Waals surface area (Å²) in [4.78, 5) is 10.6. The molecule has 294 valence electrons. The summed E-state index contributed by atoms with van der Waals surface area (Å²) in [5.41, 5.74) is 16.6. The van der Waals surface area contributed by atoms with Crippen LogP contribution in [0.5, 0.6) is 0 Å². The number of aromatic nitrogens is 2. The summed E-state index contributed by atoms with van der Waals surface area (Å²) in [5, 5.41) is 4.82. The second-order valence-electron chi connectivity index (χ2n) is 16.4. The number of hydrogen-bond acceptors (Lipinski definition) is 2. The van der Waals surface area contributed by atoms with E-state index in [1.165, 1.54) is 60.7 Å². The van der Waals surface area contributed by atoms with E-state index in [4.69, 9.17) is 9.97 Å². The van der Waals surface area contributed by atoms with Gasteiger partial charge in [-0.05, 0) is 83.2 Å². The molecule has 2 nitrogen and oxygen atoms in total. The second-order valence-corrected chi connectivity index (χ2v) is 16.4. The maximum Gasteiger partial charge on any atom is 0.160 e. The van der Waals surface area contributed by atoms with Gasteiger partial charge in [0.1, 0.15) is 0 Å². The molecule has 11 aromatic rings. The molecule has 12 rings (SSSR count). The van der Waals surface area contributed by atoms with E-state index in [1.807, 2.05) is 6.07 Å². The van der Waals surface area contributed by atoms with Gasteiger partial charge in [-0.1, -0.05) is 237 Å². The van der Waals surface area contributed by atoms with E-state index >= 15 is 0 Å². The topological polar surface area (TPSA) is 25.8 Å². The minimum absolute atomic E-state index is 0.578. The highest BCUT2D eigenvalue weighted by Crippen LogP contribution is 2.60. The van der Waals surface area contributed by atoms with Gasteiger partial charge in [-0.3, -0.25) is 0 Å². The maximum atomic E-state index is 5.36. The van der Waals surface area contributed by atoms with Gasteiger partial charge in [0.05, 0.1) is 16.8 Å². The number of nitrogens with zero attached hydrogens (tertiary/aromatic N) is 2. The summed E-state index contributed by atoms with van der Waals surface area (Å²) in [6, 6.07) is 87.8. The molecule has 0 aliphatic heterocycles. The zero-order chi connectivity index (χ0) is 41.7. The number of fused-ring (bicyclic) bond motifs is 6. The number of hydrogen-bond donors (Lipinski definition) is 0. The molecule has 0 fully saturated rings. The summed E-state index contributed by atoms with van der Waals surface area (Å²) < 4.78 is 0. The number of benzene rings is 10. The second kappa shape index (κ2) is 15.1. The molecule has 0 radical (unpaired) electrons. The Morgan fingerprint density at radius 3 is 1.48 bits per heavy atom. The van der Waals surface area contributed by atoms with E-state index in [2.05, 4.69) is 237 Å². The Labute approximate surface area is 367 Å². The van der Waals surface area contributed by atoms with Crippen molar-refractivity contribution in [3.8, 4) is 67.3 Å². The van der Waals surface area contributed by atoms with Crippen molar-refractivity contribution in [1.29, 1.82) is 0 Å². The molecule has 0 bridgehead atoms. The van der Waals surface area contributed by atoms with Crippen molar-refractivity contribution in [3.63, 3.8) is 0 Å². The molecular formula is C61H40N2. The summed E-state index contributed by atoms with van der Waals surface area (Å²) in [6.07, 6.45) is 0. The highest BCUT2D eigenvalue weighted by molar-refractivity contribution is 6.10. The van der Waals surface area contributed by atoms with Crippen molar-refractivity contribution >= 4 is 21.5 Å². The molecule has 1 aliphatic rings. The molecule has 0 amide bonds. The standard InChI is InChI=1S/C61H40N2/c1-5-20-41(21-6-1)46-29-15-18-33-51(46)56-40-57(63-60(62-56)43-23-7-2-8-24-43)52-38-37-50(48-31-16-17-32-49(48)52)53-34-19-35-54-58-47-30-14-13-22-42(47)36-39-55(58)61(59(53)54,44-25-9-3-10-26-44)45-27-11-4-12-28-45/h1-40H. The van der Waals surface area contributed by atoms with Crippen molar-refractivity contribution in [2.24, 2.45) is 0 Å². The molecule has 2 heteroatoms. The van der Waals surface area contributed by atoms with E-state index in [0.717, 1.165) is 44.6 Å². The van der Waals surface area contributed by atoms with Crippen molar-refractivity contribution in [2.75, 3.05) is 0 Å². The molecule has 10 aromatic carbocycles. The van der Waals surface area contributed by atoms with Crippen LogP contribution in [-0.2, 0) is 5.41 Å². The van der Waals surface area contributed by atoms with Crippen LogP contribution in [-0.4, -0.2) is 9.97 Å². The molecule has 63 heavy (non-hydrogen) atoms.